The number of carbonyl (C=O) groups is 1. The first-order valence-corrected chi connectivity index (χ1v) is 11.0. The number of hydrogen-bond acceptors (Lipinski definition) is 7. The van der Waals surface area contributed by atoms with Crippen LogP contribution >= 0.6 is 0 Å². The van der Waals surface area contributed by atoms with Gasteiger partial charge in [-0.25, -0.2) is 4.68 Å². The number of carbonyl (C=O) groups excluding carboxylic acids is 1. The van der Waals surface area contributed by atoms with Gasteiger partial charge in [-0.2, -0.15) is 4.98 Å². The Morgan fingerprint density at radius 2 is 1.77 bits per heavy atom. The van der Waals surface area contributed by atoms with Crippen molar-refractivity contribution in [1.82, 2.24) is 19.7 Å². The molecule has 0 bridgehead atoms. The normalized spacial score (nSPS) is 14.7. The second-order valence-electron chi connectivity index (χ2n) is 7.91. The first-order valence-electron chi connectivity index (χ1n) is 11.0. The van der Waals surface area contributed by atoms with Gasteiger partial charge in [0.2, 0.25) is 5.95 Å². The molecule has 2 aromatic carbocycles. The number of anilines is 2. The van der Waals surface area contributed by atoms with Gasteiger partial charge < -0.3 is 20.1 Å². The summed E-state index contributed by atoms with van der Waals surface area (Å²) in [7, 11) is 3.16. The largest absolute Gasteiger partial charge is 0.493 e. The molecule has 9 nitrogen and oxygen atoms in total. The van der Waals surface area contributed by atoms with Crippen LogP contribution in [0.3, 0.4) is 0 Å². The zero-order chi connectivity index (χ0) is 24.4. The molecule has 176 valence electrons. The number of ether oxygens (including phenoxy) is 2. The SMILES string of the molecule is COc1cccc(C2C(C(=O)Nc3ccccc3)=C(C)Nc3nc(-c4ccncc4)nn32)c1OC. The predicted octanol–water partition coefficient (Wildman–Crippen LogP) is 4.28. The van der Waals surface area contributed by atoms with E-state index in [1.54, 1.807) is 31.3 Å². The number of methoxy groups -OCH3 is 2. The van der Waals surface area contributed by atoms with E-state index in [1.807, 2.05) is 67.6 Å². The Kier molecular flexibility index (Phi) is 5.88. The number of nitrogens with zero attached hydrogens (tertiary/aromatic N) is 4. The van der Waals surface area contributed by atoms with Crippen molar-refractivity contribution in [2.24, 2.45) is 0 Å². The van der Waals surface area contributed by atoms with Crippen molar-refractivity contribution in [3.05, 3.63) is 89.9 Å². The number of para-hydroxylation sites is 2. The van der Waals surface area contributed by atoms with Crippen molar-refractivity contribution < 1.29 is 14.3 Å². The average Bonchev–Trinajstić information content (AvgIpc) is 3.32. The molecule has 1 aliphatic rings. The van der Waals surface area contributed by atoms with Gasteiger partial charge >= 0.3 is 0 Å². The maximum absolute atomic E-state index is 13.7. The smallest absolute Gasteiger partial charge is 0.255 e. The molecule has 0 saturated carbocycles. The summed E-state index contributed by atoms with van der Waals surface area (Å²) in [6.45, 7) is 1.85. The molecule has 0 fully saturated rings. The lowest BCUT2D eigenvalue weighted by atomic mass is 9.94. The van der Waals surface area contributed by atoms with Crippen LogP contribution in [0.25, 0.3) is 11.4 Å². The molecular formula is C26H24N6O3. The summed E-state index contributed by atoms with van der Waals surface area (Å²) in [4.78, 5) is 22.4. The fourth-order valence-electron chi connectivity index (χ4n) is 4.20. The zero-order valence-corrected chi connectivity index (χ0v) is 19.5. The van der Waals surface area contributed by atoms with E-state index >= 15 is 0 Å². The second kappa shape index (κ2) is 9.30. The molecule has 1 unspecified atom stereocenters. The minimum Gasteiger partial charge on any atom is -0.493 e. The maximum Gasteiger partial charge on any atom is 0.255 e. The van der Waals surface area contributed by atoms with Gasteiger partial charge in [0, 0.05) is 34.9 Å². The van der Waals surface area contributed by atoms with Crippen LogP contribution < -0.4 is 20.1 Å². The van der Waals surface area contributed by atoms with Crippen LogP contribution in [0, 0.1) is 0 Å². The Balaban J connectivity index is 1.67. The van der Waals surface area contributed by atoms with E-state index in [2.05, 4.69) is 15.6 Å². The highest BCUT2D eigenvalue weighted by atomic mass is 16.5. The van der Waals surface area contributed by atoms with Crippen LogP contribution in [0.5, 0.6) is 11.5 Å². The number of hydrogen-bond donors (Lipinski definition) is 2. The van der Waals surface area contributed by atoms with Crippen molar-refractivity contribution in [2.75, 3.05) is 24.9 Å². The van der Waals surface area contributed by atoms with Crippen LogP contribution in [-0.2, 0) is 4.79 Å². The molecule has 3 heterocycles. The zero-order valence-electron chi connectivity index (χ0n) is 19.5. The molecule has 1 aliphatic heterocycles. The maximum atomic E-state index is 13.7. The summed E-state index contributed by atoms with van der Waals surface area (Å²) in [5, 5.41) is 11.0. The molecule has 0 aliphatic carbocycles. The first kappa shape index (κ1) is 22.1. The van der Waals surface area contributed by atoms with Gasteiger partial charge in [-0.3, -0.25) is 9.78 Å². The summed E-state index contributed by atoms with van der Waals surface area (Å²) in [6.07, 6.45) is 3.38. The summed E-state index contributed by atoms with van der Waals surface area (Å²) in [5.41, 5.74) is 3.37. The molecule has 4 aromatic rings. The number of nitrogens with one attached hydrogen (secondary N) is 2. The predicted molar refractivity (Wildman–Crippen MR) is 132 cm³/mol. The van der Waals surface area contributed by atoms with Gasteiger partial charge in [-0.15, -0.1) is 5.10 Å². The number of allylic oxidation sites excluding steroid dienone is 1. The number of fused-ring (bicyclic) bond motifs is 1. The number of amides is 1. The lowest BCUT2D eigenvalue weighted by molar-refractivity contribution is -0.113. The Hall–Kier alpha value is -4.66. The third-order valence-corrected chi connectivity index (χ3v) is 5.80. The van der Waals surface area contributed by atoms with Gasteiger partial charge in [-0.1, -0.05) is 30.3 Å². The van der Waals surface area contributed by atoms with Gasteiger partial charge in [0.25, 0.3) is 5.91 Å². The van der Waals surface area contributed by atoms with Crippen LogP contribution in [0.2, 0.25) is 0 Å². The van der Waals surface area contributed by atoms with Crippen LogP contribution in [0.1, 0.15) is 18.5 Å². The Labute approximate surface area is 202 Å². The van der Waals surface area contributed by atoms with Crippen molar-refractivity contribution >= 4 is 17.5 Å². The first-order chi connectivity index (χ1) is 17.1. The number of rotatable bonds is 6. The highest BCUT2D eigenvalue weighted by Gasteiger charge is 2.36. The minimum atomic E-state index is -0.622. The highest BCUT2D eigenvalue weighted by molar-refractivity contribution is 6.06. The molecule has 2 N–H and O–H groups in total. The molecule has 9 heteroatoms. The summed E-state index contributed by atoms with van der Waals surface area (Å²) < 4.78 is 13.0. The molecular weight excluding hydrogens is 444 g/mol. The lowest BCUT2D eigenvalue weighted by Crippen LogP contribution is -2.31. The van der Waals surface area contributed by atoms with Gasteiger partial charge in [0.1, 0.15) is 6.04 Å². The average molecular weight is 469 g/mol. The van der Waals surface area contributed by atoms with Gasteiger partial charge in [-0.05, 0) is 37.3 Å². The van der Waals surface area contributed by atoms with E-state index in [0.29, 0.717) is 40.2 Å². The molecule has 0 radical (unpaired) electrons. The third-order valence-electron chi connectivity index (χ3n) is 5.80. The molecule has 1 amide bonds. The quantitative estimate of drug-likeness (QED) is 0.435. The van der Waals surface area contributed by atoms with E-state index in [1.165, 1.54) is 0 Å². The topological polar surface area (TPSA) is 103 Å². The lowest BCUT2D eigenvalue weighted by Gasteiger charge is -2.30. The van der Waals surface area contributed by atoms with Gasteiger partial charge in [0.05, 0.1) is 19.8 Å². The highest BCUT2D eigenvalue weighted by Crippen LogP contribution is 2.43. The Morgan fingerprint density at radius 1 is 1.00 bits per heavy atom. The molecule has 0 spiro atoms. The number of aromatic nitrogens is 4. The van der Waals surface area contributed by atoms with Crippen LogP contribution in [0.4, 0.5) is 11.6 Å². The van der Waals surface area contributed by atoms with Crippen LogP contribution in [-0.4, -0.2) is 39.9 Å². The minimum absolute atomic E-state index is 0.261. The number of pyridine rings is 1. The van der Waals surface area contributed by atoms with E-state index < -0.39 is 6.04 Å². The Morgan fingerprint density at radius 3 is 2.49 bits per heavy atom. The molecule has 35 heavy (non-hydrogen) atoms. The number of benzene rings is 2. The van der Waals surface area contributed by atoms with E-state index in [0.717, 1.165) is 11.1 Å². The molecule has 0 saturated heterocycles. The molecule has 5 rings (SSSR count). The monoisotopic (exact) mass is 468 g/mol. The van der Waals surface area contributed by atoms with E-state index in [4.69, 9.17) is 19.6 Å². The van der Waals surface area contributed by atoms with E-state index in [-0.39, 0.29) is 5.91 Å². The second-order valence-corrected chi connectivity index (χ2v) is 7.91. The molecule has 1 atom stereocenters. The summed E-state index contributed by atoms with van der Waals surface area (Å²) in [6, 6.07) is 18.0. The summed E-state index contributed by atoms with van der Waals surface area (Å²) in [5.74, 6) is 1.84. The van der Waals surface area contributed by atoms with Crippen LogP contribution in [0.15, 0.2) is 84.3 Å². The van der Waals surface area contributed by atoms with Gasteiger partial charge in [0.15, 0.2) is 17.3 Å². The third kappa shape index (κ3) is 4.08. The van der Waals surface area contributed by atoms with Crippen molar-refractivity contribution in [3.63, 3.8) is 0 Å². The fourth-order valence-corrected chi connectivity index (χ4v) is 4.20. The van der Waals surface area contributed by atoms with Crippen molar-refractivity contribution in [3.8, 4) is 22.9 Å². The fraction of sp³-hybridized carbons (Fsp3) is 0.154. The standard InChI is InChI=1S/C26H24N6O3/c1-16-21(25(33)29-18-8-5-4-6-9-18)22(19-10-7-11-20(34-2)23(19)35-3)32-26(28-16)30-24(31-32)17-12-14-27-15-13-17/h4-15,22H,1-3H3,(H,29,33)(H,28,30,31). The van der Waals surface area contributed by atoms with E-state index in [9.17, 15) is 4.79 Å². The Bertz CT molecular complexity index is 1400. The van der Waals surface area contributed by atoms with Crippen molar-refractivity contribution in [1.29, 1.82) is 0 Å². The van der Waals surface area contributed by atoms with Crippen molar-refractivity contribution in [2.45, 2.75) is 13.0 Å². The summed E-state index contributed by atoms with van der Waals surface area (Å²) >= 11 is 0. The molecule has 2 aromatic heterocycles.